The Labute approximate surface area is 858 Å². The Kier molecular flexibility index (Phi) is 35.9. The fourth-order valence-electron chi connectivity index (χ4n) is 19.2. The van der Waals surface area contributed by atoms with Crippen molar-refractivity contribution in [2.45, 2.75) is 203 Å². The lowest BCUT2D eigenvalue weighted by Crippen LogP contribution is -2.25. The number of hydrogen-bond donors (Lipinski definition) is 12. The van der Waals surface area contributed by atoms with E-state index in [1.807, 2.05) is 101 Å². The monoisotopic (exact) mass is 2040 g/mol. The Bertz CT molecular complexity index is 6900. The second-order valence-corrected chi connectivity index (χ2v) is 39.0. The summed E-state index contributed by atoms with van der Waals surface area (Å²) in [4.78, 5) is 79.7. The van der Waals surface area contributed by atoms with Gasteiger partial charge in [-0.05, 0) is 183 Å². The van der Waals surface area contributed by atoms with E-state index in [4.69, 9.17) is 40.0 Å². The number of halogens is 1. The predicted octanol–water partition coefficient (Wildman–Crippen LogP) is 25.0. The van der Waals surface area contributed by atoms with Gasteiger partial charge in [-0.1, -0.05) is 183 Å². The van der Waals surface area contributed by atoms with Crippen LogP contribution in [0.25, 0.3) is 21.5 Å². The summed E-state index contributed by atoms with van der Waals surface area (Å²) in [5, 5.41) is 75.9. The van der Waals surface area contributed by atoms with Gasteiger partial charge in [-0.25, -0.2) is 28.8 Å². The van der Waals surface area contributed by atoms with Crippen molar-refractivity contribution in [3.8, 4) is 0 Å². The number of carbonyl (C=O) groups excluding carboxylic acids is 6. The van der Waals surface area contributed by atoms with Crippen LogP contribution in [0, 0.1) is 6.92 Å². The Morgan fingerprint density at radius 3 is 1.03 bits per heavy atom. The molecule has 0 bridgehead atoms. The van der Waals surface area contributed by atoms with E-state index in [2.05, 4.69) is 225 Å². The number of benzene rings is 4. The minimum absolute atomic E-state index is 0.115. The van der Waals surface area contributed by atoms with Crippen LogP contribution in [0.1, 0.15) is 266 Å². The van der Waals surface area contributed by atoms with Gasteiger partial charge in [-0.2, -0.15) is 41.9 Å². The number of aromatic nitrogens is 12. The van der Waals surface area contributed by atoms with Crippen molar-refractivity contribution < 1.29 is 57.2 Å². The van der Waals surface area contributed by atoms with Crippen LogP contribution in [-0.2, 0) is 57.2 Å². The number of anilines is 6. The molecule has 0 spiro atoms. The first-order valence-corrected chi connectivity index (χ1v) is 53.2. The van der Waals surface area contributed by atoms with E-state index < -0.39 is 0 Å². The Morgan fingerprint density at radius 2 is 0.667 bits per heavy atom. The summed E-state index contributed by atoms with van der Waals surface area (Å²) < 4.78 is 32.9. The largest absolute Gasteiger partial charge is 0.463 e. The number of esters is 6. The van der Waals surface area contributed by atoms with Crippen molar-refractivity contribution in [2.75, 3.05) is 71.5 Å². The molecule has 16 heterocycles. The third kappa shape index (κ3) is 22.9. The number of aryl methyl sites for hydroxylation is 1. The molecule has 0 saturated heterocycles. The fourth-order valence-corrected chi connectivity index (χ4v) is 23.0. The summed E-state index contributed by atoms with van der Waals surface area (Å²) in [5.74, 6) is 2.61. The topological polar surface area (TPSA) is 402 Å². The number of hydrogen-bond acceptors (Lipinski definition) is 28. The van der Waals surface area contributed by atoms with Gasteiger partial charge in [0.15, 0.2) is 0 Å². The highest BCUT2D eigenvalue weighted by Crippen LogP contribution is 2.52. The first kappa shape index (κ1) is 104. The quantitative estimate of drug-likeness (QED) is 0.0147. The number of nitrogens with zero attached hydrogens (tertiary/aromatic N) is 6. The molecule has 0 fully saturated rings. The standard InChI is InChI=1S/2C22H23N3O2.C17H21N3O2S.C16H18ClN3O2S.2C16H19N3O2S/c1-3-8-18-20(22(26)27-4-2)19(17-13-23-25-21(17)24-18)16-12-7-10-14-9-5-6-11-15(14)16;1-3-7-18-20(22(26)27-4-2)19(17-13-23-25-21(17)24-18)16-11-10-14-8-5-6-9-15(14)12-16;1-4-6-12-14(17(21)22-5-2)13(15-10(3)7-8-23-15)11-9-18-20-16(11)19-12;1-3-5-10-14(16(21)22-4-2)13(11-6-7-12(17)23-11)9-8-18-20-15(9)19-10;1-3-6-11-14(16(20)21-4-2)13(12-7-5-8-22-12)10-9-17-19-15(10)18-11;1-3-5-12-14(16(20)21-4-2)13(10-6-7-22-9-10)11-8-17-19-15(11)18-12/h5-7,9-13,19H,3-4,8H2,1-2H3,(H2,23,24,25);5-6,8-13,19H,3-4,7H2,1-2H3,(H2,23,24,25);7-9,13H,4-6H2,1-3H3,(H2,18,19,20);6-8,13H,3-5H2,1-2H3,(H2,18,19,20);5,7-9,13H,3-4,6H2,1-2H3,(H2,17,18,19);6-9,13H,3-5H2,1-2H3,(H2,17,18,19). The molecule has 6 aliphatic heterocycles. The molecule has 30 nitrogen and oxygen atoms in total. The van der Waals surface area contributed by atoms with Crippen molar-refractivity contribution in [1.82, 2.24) is 61.2 Å². The average Bonchev–Trinajstić information content (AvgIpc) is 1.09. The van der Waals surface area contributed by atoms with Crippen LogP contribution in [-0.4, -0.2) is 137 Å². The second kappa shape index (κ2) is 49.7. The molecule has 6 aliphatic rings. The summed E-state index contributed by atoms with van der Waals surface area (Å²) in [6.07, 6.45) is 21.1. The lowest BCUT2D eigenvalue weighted by Gasteiger charge is -2.29. The highest BCUT2D eigenvalue weighted by Gasteiger charge is 2.43. The molecule has 10 aromatic heterocycles. The van der Waals surface area contributed by atoms with Crippen molar-refractivity contribution >= 4 is 149 Å². The van der Waals surface area contributed by atoms with E-state index in [1.54, 1.807) is 71.2 Å². The number of thiophene rings is 4. The molecule has 144 heavy (non-hydrogen) atoms. The first-order chi connectivity index (χ1) is 70.3. The number of nitrogens with one attached hydrogen (secondary N) is 12. The number of fused-ring (bicyclic) bond motifs is 8. The number of ether oxygens (including phenoxy) is 6. The minimum atomic E-state index is -0.287. The zero-order chi connectivity index (χ0) is 101. The molecule has 6 atom stereocenters. The number of rotatable bonds is 30. The van der Waals surface area contributed by atoms with E-state index >= 15 is 0 Å². The molecule has 0 radical (unpaired) electrons. The van der Waals surface area contributed by atoms with E-state index in [0.29, 0.717) is 77.4 Å². The first-order valence-electron chi connectivity index (χ1n) is 49.3. The summed E-state index contributed by atoms with van der Waals surface area (Å²) in [6.45, 7) is 27.8. The Hall–Kier alpha value is -14.2. The minimum Gasteiger partial charge on any atom is -0.463 e. The van der Waals surface area contributed by atoms with Crippen LogP contribution in [0.3, 0.4) is 0 Å². The van der Waals surface area contributed by atoms with Gasteiger partial charge in [0.1, 0.15) is 34.9 Å². The lowest BCUT2D eigenvalue weighted by molar-refractivity contribution is -0.139. The Morgan fingerprint density at radius 1 is 0.312 bits per heavy atom. The van der Waals surface area contributed by atoms with Crippen molar-refractivity contribution in [3.05, 3.63) is 322 Å². The number of carbonyl (C=O) groups is 6. The molecule has 0 aliphatic carbocycles. The molecule has 20 rings (SSSR count). The van der Waals surface area contributed by atoms with Gasteiger partial charge < -0.3 is 60.3 Å². The predicted molar refractivity (Wildman–Crippen MR) is 571 cm³/mol. The average molecular weight is 2040 g/mol. The molecule has 35 heteroatoms. The molecule has 0 saturated carbocycles. The summed E-state index contributed by atoms with van der Waals surface area (Å²) in [6, 6.07) is 41.1. The number of aromatic amines is 6. The smallest absolute Gasteiger partial charge is 0.336 e. The maximum atomic E-state index is 13.0. The maximum Gasteiger partial charge on any atom is 0.336 e. The van der Waals surface area contributed by atoms with Crippen molar-refractivity contribution in [2.24, 2.45) is 0 Å². The molecular weight excluding hydrogens is 1920 g/mol. The number of allylic oxidation sites excluding steroid dienone is 6. The van der Waals surface area contributed by atoms with Gasteiger partial charge >= 0.3 is 35.8 Å². The summed E-state index contributed by atoms with van der Waals surface area (Å²) in [7, 11) is 0. The zero-order valence-corrected chi connectivity index (χ0v) is 87.1. The SMILES string of the molecule is CCCC1=C(C(=O)OCC)C(c2ccc(Cl)s2)c2cn[nH]c2N1.CCCC1=C(C(=O)OCC)C(c2ccc3ccccc3c2)c2cn[nH]c2N1.CCCC1=C(C(=O)OCC)C(c2cccc3ccccc23)c2cn[nH]c2N1.CCCC1=C(C(=O)OCC)C(c2cccs2)c2cn[nH]c2N1.CCCC1=C(C(=O)OCC)C(c2ccsc2)c2cn[nH]c2N1.CCCC1=C(C(=O)OCC)C(c2sccc2C)c2cn[nH]c2N1. The van der Waals surface area contributed by atoms with E-state index in [-0.39, 0.29) is 71.3 Å². The van der Waals surface area contributed by atoms with Crippen LogP contribution in [0.4, 0.5) is 34.9 Å². The normalized spacial score (nSPS) is 16.7. The van der Waals surface area contributed by atoms with Crippen LogP contribution >= 0.6 is 56.9 Å². The Balaban J connectivity index is 0.000000130. The summed E-state index contributed by atoms with van der Waals surface area (Å²) in [5.41, 5.74) is 19.9. The third-order valence-electron chi connectivity index (χ3n) is 25.2. The molecule has 4 aromatic carbocycles. The van der Waals surface area contributed by atoms with Crippen LogP contribution in [0.2, 0.25) is 4.34 Å². The van der Waals surface area contributed by atoms with Gasteiger partial charge in [0.25, 0.3) is 0 Å². The number of H-pyrrole nitrogens is 6. The van der Waals surface area contributed by atoms with E-state index in [0.717, 1.165) is 222 Å². The second-order valence-electron chi connectivity index (χ2n) is 34.6. The molecule has 752 valence electrons. The van der Waals surface area contributed by atoms with Crippen LogP contribution in [0.5, 0.6) is 0 Å². The van der Waals surface area contributed by atoms with Gasteiger partial charge in [0, 0.05) is 99.9 Å². The lowest BCUT2D eigenvalue weighted by atomic mass is 9.80. The van der Waals surface area contributed by atoms with Crippen LogP contribution in [0.15, 0.2) is 248 Å². The van der Waals surface area contributed by atoms with Gasteiger partial charge in [0.05, 0.1) is 132 Å². The molecule has 14 aromatic rings. The van der Waals surface area contributed by atoms with Crippen molar-refractivity contribution in [1.29, 1.82) is 0 Å². The third-order valence-corrected chi connectivity index (χ3v) is 29.2. The summed E-state index contributed by atoms with van der Waals surface area (Å²) >= 11 is 12.5. The highest BCUT2D eigenvalue weighted by molar-refractivity contribution is 7.16. The molecule has 0 amide bonds. The van der Waals surface area contributed by atoms with Gasteiger partial charge in [-0.3, -0.25) is 30.6 Å². The molecular formula is C109H123ClN18O12S4. The molecule has 12 N–H and O–H groups in total. The van der Waals surface area contributed by atoms with Crippen LogP contribution < -0.4 is 31.9 Å². The van der Waals surface area contributed by atoms with Gasteiger partial charge in [-0.15, -0.1) is 34.0 Å². The van der Waals surface area contributed by atoms with E-state index in [9.17, 15) is 28.8 Å². The highest BCUT2D eigenvalue weighted by atomic mass is 35.5. The molecule has 6 unspecified atom stereocenters. The van der Waals surface area contributed by atoms with Gasteiger partial charge in [0.2, 0.25) is 0 Å². The maximum absolute atomic E-state index is 13.0. The zero-order valence-electron chi connectivity index (χ0n) is 83.1. The fraction of sp³-hybridized carbons (Fsp3) is 0.339. The van der Waals surface area contributed by atoms with Crippen molar-refractivity contribution in [3.63, 3.8) is 0 Å². The van der Waals surface area contributed by atoms with E-state index in [1.165, 1.54) is 27.2 Å².